The molecular formula is C15H19N7O2. The smallest absolute Gasteiger partial charge is 0.283 e. The van der Waals surface area contributed by atoms with E-state index >= 15 is 0 Å². The van der Waals surface area contributed by atoms with Gasteiger partial charge in [0, 0.05) is 13.1 Å². The number of benzene rings is 1. The van der Waals surface area contributed by atoms with E-state index in [2.05, 4.69) is 43.3 Å². The van der Waals surface area contributed by atoms with Gasteiger partial charge in [-0.3, -0.25) is 4.79 Å². The lowest BCUT2D eigenvalue weighted by atomic mass is 9.89. The molecule has 3 rings (SSSR count). The number of tetrazole rings is 1. The highest BCUT2D eigenvalue weighted by Crippen LogP contribution is 2.27. The second-order valence-corrected chi connectivity index (χ2v) is 5.54. The van der Waals surface area contributed by atoms with Crippen molar-refractivity contribution in [3.05, 3.63) is 35.9 Å². The van der Waals surface area contributed by atoms with Gasteiger partial charge in [0.1, 0.15) is 0 Å². The van der Waals surface area contributed by atoms with Crippen LogP contribution in [0.4, 0.5) is 5.95 Å². The van der Waals surface area contributed by atoms with E-state index in [4.69, 9.17) is 0 Å². The van der Waals surface area contributed by atoms with E-state index in [1.54, 1.807) is 4.90 Å². The summed E-state index contributed by atoms with van der Waals surface area (Å²) in [4.78, 5) is 14.2. The van der Waals surface area contributed by atoms with E-state index in [0.29, 0.717) is 19.0 Å². The number of rotatable bonds is 5. The molecule has 9 heteroatoms. The predicted molar refractivity (Wildman–Crippen MR) is 87.3 cm³/mol. The molecule has 24 heavy (non-hydrogen) atoms. The molecule has 1 aromatic heterocycles. The maximum Gasteiger partial charge on any atom is 0.283 e. The number of nitrogens with one attached hydrogen (secondary N) is 2. The number of hydrogen-bond acceptors (Lipinski definition) is 7. The number of aliphatic hydroxyl groups is 1. The van der Waals surface area contributed by atoms with Gasteiger partial charge in [-0.15, -0.1) is 5.10 Å². The lowest BCUT2D eigenvalue weighted by Crippen LogP contribution is -2.43. The van der Waals surface area contributed by atoms with Crippen LogP contribution >= 0.6 is 0 Å². The molecule has 0 saturated carbocycles. The molecule has 1 aliphatic rings. The van der Waals surface area contributed by atoms with Crippen LogP contribution in [0.2, 0.25) is 0 Å². The van der Waals surface area contributed by atoms with Gasteiger partial charge in [0.15, 0.2) is 5.71 Å². The molecule has 3 N–H and O–H groups in total. The maximum atomic E-state index is 12.5. The molecular weight excluding hydrogens is 310 g/mol. The summed E-state index contributed by atoms with van der Waals surface area (Å²) in [6, 6.07) is 10.3. The Hall–Kier alpha value is -2.81. The first kappa shape index (κ1) is 16.1. The van der Waals surface area contributed by atoms with Crippen molar-refractivity contribution in [1.29, 1.82) is 0 Å². The summed E-state index contributed by atoms with van der Waals surface area (Å²) in [6.07, 6.45) is 1.79. The molecule has 0 bridgehead atoms. The van der Waals surface area contributed by atoms with Crippen LogP contribution < -0.4 is 5.43 Å². The molecule has 1 amide bonds. The predicted octanol–water partition coefficient (Wildman–Crippen LogP) is 0.366. The van der Waals surface area contributed by atoms with Crippen molar-refractivity contribution in [3.8, 4) is 0 Å². The fraction of sp³-hybridized carbons (Fsp3) is 0.400. The van der Waals surface area contributed by atoms with E-state index in [9.17, 15) is 9.90 Å². The number of hydrazone groups is 1. The van der Waals surface area contributed by atoms with Crippen LogP contribution in [0.25, 0.3) is 0 Å². The summed E-state index contributed by atoms with van der Waals surface area (Å²) in [5.41, 5.74) is 3.83. The Bertz CT molecular complexity index is 679. The number of aliphatic hydroxyl groups excluding tert-OH is 1. The fourth-order valence-electron chi connectivity index (χ4n) is 2.80. The number of nitrogens with zero attached hydrogens (tertiary/aromatic N) is 5. The third-order valence-electron chi connectivity index (χ3n) is 4.09. The maximum absolute atomic E-state index is 12.5. The van der Waals surface area contributed by atoms with Gasteiger partial charge < -0.3 is 10.0 Å². The van der Waals surface area contributed by atoms with Crippen LogP contribution in [-0.4, -0.2) is 61.9 Å². The molecule has 9 nitrogen and oxygen atoms in total. The lowest BCUT2D eigenvalue weighted by Gasteiger charge is -2.32. The number of H-pyrrole nitrogens is 1. The third kappa shape index (κ3) is 3.74. The van der Waals surface area contributed by atoms with Gasteiger partial charge in [0.25, 0.3) is 11.9 Å². The summed E-state index contributed by atoms with van der Waals surface area (Å²) in [5, 5.41) is 26.2. The summed E-state index contributed by atoms with van der Waals surface area (Å²) < 4.78 is 0. The van der Waals surface area contributed by atoms with E-state index in [0.717, 1.165) is 12.8 Å². The highest BCUT2D eigenvalue weighted by molar-refractivity contribution is 6.39. The molecule has 126 valence electrons. The van der Waals surface area contributed by atoms with Gasteiger partial charge in [-0.1, -0.05) is 35.4 Å². The molecule has 0 unspecified atom stereocenters. The summed E-state index contributed by atoms with van der Waals surface area (Å²) in [5.74, 6) is 0.318. The number of anilines is 1. The minimum absolute atomic E-state index is 0.0259. The molecule has 1 aliphatic heterocycles. The zero-order chi connectivity index (χ0) is 16.8. The number of carbonyl (C=O) groups excluding carboxylic acids is 1. The number of carbonyl (C=O) groups is 1. The van der Waals surface area contributed by atoms with Crippen molar-refractivity contribution >= 4 is 17.6 Å². The van der Waals surface area contributed by atoms with Crippen LogP contribution in [0.5, 0.6) is 0 Å². The van der Waals surface area contributed by atoms with Gasteiger partial charge in [0.2, 0.25) is 0 Å². The topological polar surface area (TPSA) is 119 Å². The molecule has 2 heterocycles. The Kier molecular flexibility index (Phi) is 5.12. The summed E-state index contributed by atoms with van der Waals surface area (Å²) in [7, 11) is 0. The van der Waals surface area contributed by atoms with Crippen LogP contribution in [0.3, 0.4) is 0 Å². The third-order valence-corrected chi connectivity index (χ3v) is 4.09. The van der Waals surface area contributed by atoms with Gasteiger partial charge >= 0.3 is 0 Å². The van der Waals surface area contributed by atoms with E-state index in [-0.39, 0.29) is 17.6 Å². The zero-order valence-electron chi connectivity index (χ0n) is 13.1. The number of piperidine rings is 1. The number of hydrogen-bond donors (Lipinski definition) is 3. The van der Waals surface area contributed by atoms with Crippen LogP contribution in [0, 0.1) is 0 Å². The van der Waals surface area contributed by atoms with Crippen LogP contribution in [0.15, 0.2) is 35.4 Å². The van der Waals surface area contributed by atoms with Gasteiger partial charge in [-0.2, -0.15) is 10.3 Å². The van der Waals surface area contributed by atoms with Gasteiger partial charge in [-0.25, -0.2) is 5.43 Å². The minimum Gasteiger partial charge on any atom is -0.390 e. The van der Waals surface area contributed by atoms with Gasteiger partial charge in [-0.05, 0) is 29.5 Å². The Morgan fingerprint density at radius 3 is 2.71 bits per heavy atom. The quantitative estimate of drug-likeness (QED) is 0.538. The fourth-order valence-corrected chi connectivity index (χ4v) is 2.80. The Labute approximate surface area is 138 Å². The largest absolute Gasteiger partial charge is 0.390 e. The molecule has 2 aromatic rings. The molecule has 1 fully saturated rings. The molecule has 0 aliphatic carbocycles. The molecule has 1 aromatic carbocycles. The average molecular weight is 329 g/mol. The van der Waals surface area contributed by atoms with Crippen molar-refractivity contribution < 1.29 is 9.90 Å². The average Bonchev–Trinajstić information content (AvgIpc) is 3.16. The van der Waals surface area contributed by atoms with Crippen molar-refractivity contribution in [2.75, 3.05) is 25.1 Å². The first-order valence-electron chi connectivity index (χ1n) is 7.79. The zero-order valence-corrected chi connectivity index (χ0v) is 13.1. The van der Waals surface area contributed by atoms with Crippen molar-refractivity contribution in [2.45, 2.75) is 18.8 Å². The molecule has 0 atom stereocenters. The minimum atomic E-state index is -0.456. The number of aromatic amines is 1. The van der Waals surface area contributed by atoms with E-state index < -0.39 is 6.61 Å². The Morgan fingerprint density at radius 1 is 1.33 bits per heavy atom. The molecule has 0 radical (unpaired) electrons. The lowest BCUT2D eigenvalue weighted by molar-refractivity contribution is -0.125. The number of aromatic nitrogens is 4. The Balaban J connectivity index is 1.58. The van der Waals surface area contributed by atoms with E-state index in [1.165, 1.54) is 5.56 Å². The highest BCUT2D eigenvalue weighted by atomic mass is 16.3. The van der Waals surface area contributed by atoms with Crippen LogP contribution in [0.1, 0.15) is 24.3 Å². The SMILES string of the molecule is O=C(C(CO)=NNc1nn[nH]n1)N1CCC(c2ccccc2)CC1. The first-order chi connectivity index (χ1) is 11.8. The second-order valence-electron chi connectivity index (χ2n) is 5.54. The van der Waals surface area contributed by atoms with Crippen molar-refractivity contribution in [1.82, 2.24) is 25.5 Å². The summed E-state index contributed by atoms with van der Waals surface area (Å²) in [6.45, 7) is 0.821. The standard InChI is InChI=1S/C15H19N7O2/c23-10-13(16-17-15-18-20-21-19-15)14(24)22-8-6-12(7-9-22)11-4-2-1-3-5-11/h1-5,12,23H,6-10H2,(H2,17,18,19,20,21). The van der Waals surface area contributed by atoms with Crippen molar-refractivity contribution in [3.63, 3.8) is 0 Å². The second kappa shape index (κ2) is 7.64. The highest BCUT2D eigenvalue weighted by Gasteiger charge is 2.26. The van der Waals surface area contributed by atoms with Crippen LogP contribution in [-0.2, 0) is 4.79 Å². The monoisotopic (exact) mass is 329 g/mol. The van der Waals surface area contributed by atoms with Gasteiger partial charge in [0.05, 0.1) is 6.61 Å². The number of likely N-dealkylation sites (tertiary alicyclic amines) is 1. The Morgan fingerprint density at radius 2 is 2.08 bits per heavy atom. The first-order valence-corrected chi connectivity index (χ1v) is 7.79. The van der Waals surface area contributed by atoms with E-state index in [1.807, 2.05) is 18.2 Å². The molecule has 1 saturated heterocycles. The normalized spacial score (nSPS) is 16.2. The number of amides is 1. The summed E-state index contributed by atoms with van der Waals surface area (Å²) >= 11 is 0. The molecule has 0 spiro atoms. The van der Waals surface area contributed by atoms with Crippen molar-refractivity contribution in [2.24, 2.45) is 5.10 Å².